The number of hydrogen-bond acceptors (Lipinski definition) is 6. The first-order chi connectivity index (χ1) is 10.1. The Morgan fingerprint density at radius 3 is 2.95 bits per heavy atom. The number of ether oxygens (including phenoxy) is 1. The van der Waals surface area contributed by atoms with Crippen LogP contribution in [0, 0.1) is 13.8 Å². The summed E-state index contributed by atoms with van der Waals surface area (Å²) in [5.41, 5.74) is 4.22. The molecule has 0 fully saturated rings. The molecule has 0 spiro atoms. The van der Waals surface area contributed by atoms with Crippen LogP contribution in [0.15, 0.2) is 11.6 Å². The van der Waals surface area contributed by atoms with E-state index in [0.717, 1.165) is 35.9 Å². The van der Waals surface area contributed by atoms with Gasteiger partial charge in [0.15, 0.2) is 5.69 Å². The number of carbonyl (C=O) groups is 1. The lowest BCUT2D eigenvalue weighted by Crippen LogP contribution is -2.12. The van der Waals surface area contributed by atoms with E-state index in [2.05, 4.69) is 28.4 Å². The Balaban J connectivity index is 1.83. The minimum atomic E-state index is -0.375. The van der Waals surface area contributed by atoms with E-state index >= 15 is 0 Å². The van der Waals surface area contributed by atoms with Gasteiger partial charge in [-0.25, -0.2) is 9.78 Å². The molecule has 6 nitrogen and oxygen atoms in total. The van der Waals surface area contributed by atoms with Crippen LogP contribution in [0.3, 0.4) is 0 Å². The zero-order chi connectivity index (χ0) is 15.2. The van der Waals surface area contributed by atoms with Crippen LogP contribution in [0.5, 0.6) is 0 Å². The van der Waals surface area contributed by atoms with Gasteiger partial charge >= 0.3 is 5.97 Å². The molecule has 0 aromatic carbocycles. The molecule has 2 heterocycles. The monoisotopic (exact) mass is 308 g/mol. The van der Waals surface area contributed by atoms with Crippen LogP contribution >= 0.6 is 11.3 Å². The van der Waals surface area contributed by atoms with Crippen molar-refractivity contribution in [3.63, 3.8) is 0 Å². The average molecular weight is 308 g/mol. The van der Waals surface area contributed by atoms with E-state index in [-0.39, 0.29) is 5.97 Å². The summed E-state index contributed by atoms with van der Waals surface area (Å²) in [6, 6.07) is 2.06. The van der Waals surface area contributed by atoms with E-state index in [0.29, 0.717) is 12.3 Å². The molecule has 7 heteroatoms. The fraction of sp³-hybridized carbons (Fsp3) is 0.500. The summed E-state index contributed by atoms with van der Waals surface area (Å²) < 4.78 is 6.97. The van der Waals surface area contributed by atoms with E-state index in [1.807, 2.05) is 11.6 Å². The lowest BCUT2D eigenvalue weighted by atomic mass is 10.3. The van der Waals surface area contributed by atoms with Gasteiger partial charge in [-0.05, 0) is 33.3 Å². The number of nitrogens with zero attached hydrogens (tertiary/aromatic N) is 3. The maximum atomic E-state index is 11.7. The highest BCUT2D eigenvalue weighted by Crippen LogP contribution is 2.20. The lowest BCUT2D eigenvalue weighted by Gasteiger charge is -2.07. The van der Waals surface area contributed by atoms with Crippen LogP contribution in [-0.2, 0) is 11.3 Å². The maximum Gasteiger partial charge on any atom is 0.360 e. The topological polar surface area (TPSA) is 69.0 Å². The third-order valence-corrected chi connectivity index (χ3v) is 3.76. The van der Waals surface area contributed by atoms with Crippen molar-refractivity contribution in [2.24, 2.45) is 0 Å². The number of carbonyl (C=O) groups excluding carboxylic acids is 1. The van der Waals surface area contributed by atoms with Gasteiger partial charge in [0.25, 0.3) is 0 Å². The molecule has 0 bridgehead atoms. The minimum absolute atomic E-state index is 0.355. The Bertz CT molecular complexity index is 606. The zero-order valence-electron chi connectivity index (χ0n) is 12.5. The number of hydrogen-bond donors (Lipinski definition) is 1. The van der Waals surface area contributed by atoms with E-state index in [1.165, 1.54) is 11.3 Å². The summed E-state index contributed by atoms with van der Waals surface area (Å²) in [7, 11) is 0. The van der Waals surface area contributed by atoms with Crippen molar-refractivity contribution in [2.75, 3.05) is 18.5 Å². The molecule has 0 radical (unpaired) electrons. The summed E-state index contributed by atoms with van der Waals surface area (Å²) >= 11 is 1.41. The van der Waals surface area contributed by atoms with Crippen molar-refractivity contribution in [1.82, 2.24) is 14.8 Å². The van der Waals surface area contributed by atoms with Gasteiger partial charge in [-0.2, -0.15) is 5.10 Å². The molecule has 0 amide bonds. The summed E-state index contributed by atoms with van der Waals surface area (Å²) in [6.45, 7) is 7.78. The van der Waals surface area contributed by atoms with Gasteiger partial charge in [0.05, 0.1) is 17.8 Å². The molecule has 0 saturated heterocycles. The highest BCUT2D eigenvalue weighted by atomic mass is 32.1. The molecule has 0 saturated carbocycles. The molecule has 0 aliphatic carbocycles. The van der Waals surface area contributed by atoms with Crippen molar-refractivity contribution in [3.05, 3.63) is 28.7 Å². The standard InChI is InChI=1S/C14H20N4O2S/c1-4-20-14(19)12-13(21-9-16-12)15-6-5-7-18-11(3)8-10(2)17-18/h8-9,15H,4-7H2,1-3H3. The second kappa shape index (κ2) is 7.21. The van der Waals surface area contributed by atoms with Gasteiger partial charge in [-0.3, -0.25) is 4.68 Å². The first-order valence-electron chi connectivity index (χ1n) is 6.97. The van der Waals surface area contributed by atoms with Gasteiger partial charge in [-0.15, -0.1) is 11.3 Å². The Morgan fingerprint density at radius 1 is 1.48 bits per heavy atom. The van der Waals surface area contributed by atoms with Crippen molar-refractivity contribution < 1.29 is 9.53 Å². The zero-order valence-corrected chi connectivity index (χ0v) is 13.4. The fourth-order valence-electron chi connectivity index (χ4n) is 2.05. The molecular formula is C14H20N4O2S. The molecule has 0 aliphatic rings. The van der Waals surface area contributed by atoms with Crippen molar-refractivity contribution in [1.29, 1.82) is 0 Å². The van der Waals surface area contributed by atoms with Gasteiger partial charge in [-0.1, -0.05) is 0 Å². The molecule has 0 aliphatic heterocycles. The molecule has 21 heavy (non-hydrogen) atoms. The number of nitrogens with one attached hydrogen (secondary N) is 1. The Kier molecular flexibility index (Phi) is 5.32. The first kappa shape index (κ1) is 15.5. The van der Waals surface area contributed by atoms with Crippen LogP contribution in [0.25, 0.3) is 0 Å². The summed E-state index contributed by atoms with van der Waals surface area (Å²) in [6.07, 6.45) is 0.919. The predicted octanol–water partition coefficient (Wildman–Crippen LogP) is 2.64. The molecule has 2 aromatic rings. The van der Waals surface area contributed by atoms with Gasteiger partial charge < -0.3 is 10.1 Å². The normalized spacial score (nSPS) is 10.6. The van der Waals surface area contributed by atoms with E-state index in [4.69, 9.17) is 4.74 Å². The minimum Gasteiger partial charge on any atom is -0.461 e. The van der Waals surface area contributed by atoms with E-state index in [9.17, 15) is 4.79 Å². The second-order valence-electron chi connectivity index (χ2n) is 4.68. The Morgan fingerprint density at radius 2 is 2.29 bits per heavy atom. The van der Waals surface area contributed by atoms with Crippen LogP contribution in [0.4, 0.5) is 5.00 Å². The van der Waals surface area contributed by atoms with E-state index < -0.39 is 0 Å². The molecular weight excluding hydrogens is 288 g/mol. The summed E-state index contributed by atoms with van der Waals surface area (Å²) in [4.78, 5) is 15.7. The third-order valence-electron chi connectivity index (χ3n) is 2.97. The number of aromatic nitrogens is 3. The molecule has 2 rings (SSSR count). The molecule has 0 unspecified atom stereocenters. The SMILES string of the molecule is CCOC(=O)c1ncsc1NCCCn1nc(C)cc1C. The number of aryl methyl sites for hydroxylation is 3. The molecule has 2 aromatic heterocycles. The first-order valence-corrected chi connectivity index (χ1v) is 7.85. The smallest absolute Gasteiger partial charge is 0.360 e. The number of esters is 1. The fourth-order valence-corrected chi connectivity index (χ4v) is 2.75. The number of thiazole rings is 1. The van der Waals surface area contributed by atoms with Gasteiger partial charge in [0.1, 0.15) is 5.00 Å². The Hall–Kier alpha value is -1.89. The van der Waals surface area contributed by atoms with Gasteiger partial charge in [0.2, 0.25) is 0 Å². The van der Waals surface area contributed by atoms with Crippen LogP contribution in [0.2, 0.25) is 0 Å². The van der Waals surface area contributed by atoms with Gasteiger partial charge in [0, 0.05) is 18.8 Å². The predicted molar refractivity (Wildman–Crippen MR) is 82.9 cm³/mol. The summed E-state index contributed by atoms with van der Waals surface area (Å²) in [5, 5.41) is 8.43. The molecule has 114 valence electrons. The third kappa shape index (κ3) is 4.04. The van der Waals surface area contributed by atoms with Crippen molar-refractivity contribution in [3.8, 4) is 0 Å². The van der Waals surface area contributed by atoms with Crippen molar-refractivity contribution in [2.45, 2.75) is 33.7 Å². The quantitative estimate of drug-likeness (QED) is 0.629. The van der Waals surface area contributed by atoms with Crippen LogP contribution < -0.4 is 5.32 Å². The molecule has 1 N–H and O–H groups in total. The number of anilines is 1. The largest absolute Gasteiger partial charge is 0.461 e. The second-order valence-corrected chi connectivity index (χ2v) is 5.54. The average Bonchev–Trinajstić information content (AvgIpc) is 3.02. The number of rotatable bonds is 7. The van der Waals surface area contributed by atoms with Crippen molar-refractivity contribution >= 4 is 22.3 Å². The highest BCUT2D eigenvalue weighted by Gasteiger charge is 2.15. The summed E-state index contributed by atoms with van der Waals surface area (Å²) in [5.74, 6) is -0.375. The van der Waals surface area contributed by atoms with Crippen LogP contribution in [-0.4, -0.2) is 33.9 Å². The van der Waals surface area contributed by atoms with Crippen LogP contribution in [0.1, 0.15) is 35.2 Å². The lowest BCUT2D eigenvalue weighted by molar-refractivity contribution is 0.0521. The maximum absolute atomic E-state index is 11.7. The van der Waals surface area contributed by atoms with E-state index in [1.54, 1.807) is 12.4 Å². The highest BCUT2D eigenvalue weighted by molar-refractivity contribution is 7.14. The molecule has 0 atom stereocenters. The Labute approximate surface area is 128 Å².